The van der Waals surface area contributed by atoms with Crippen LogP contribution in [0.1, 0.15) is 40.0 Å². The number of likely N-dealkylation sites (tertiary alicyclic amines) is 1. The molecule has 2 amide bonds. The number of methoxy groups -OCH3 is 2. The molecule has 1 aliphatic rings. The number of carbonyl (C=O) groups is 2. The molecule has 1 heterocycles. The molecule has 1 aliphatic heterocycles. The van der Waals surface area contributed by atoms with Crippen molar-refractivity contribution in [3.63, 3.8) is 0 Å². The first-order chi connectivity index (χ1) is 13.9. The maximum absolute atomic E-state index is 14.0. The largest absolute Gasteiger partial charge is 0.493 e. The van der Waals surface area contributed by atoms with Crippen LogP contribution in [-0.2, 0) is 0 Å². The normalized spacial score (nSPS) is 13.7. The molecule has 0 aliphatic carbocycles. The summed E-state index contributed by atoms with van der Waals surface area (Å²) in [7, 11) is 2.87. The van der Waals surface area contributed by atoms with Crippen LogP contribution in [0.4, 0.5) is 14.5 Å². The number of hydrogen-bond donors (Lipinski definition) is 1. The number of nitrogens with zero attached hydrogens (tertiary/aromatic N) is 1. The van der Waals surface area contributed by atoms with Crippen molar-refractivity contribution in [2.75, 3.05) is 32.6 Å². The topological polar surface area (TPSA) is 67.9 Å². The summed E-state index contributed by atoms with van der Waals surface area (Å²) in [5.41, 5.74) is 0.0323. The number of anilines is 1. The van der Waals surface area contributed by atoms with E-state index in [2.05, 4.69) is 5.32 Å². The second-order valence-corrected chi connectivity index (χ2v) is 6.68. The van der Waals surface area contributed by atoms with Crippen LogP contribution in [0.3, 0.4) is 0 Å². The minimum atomic E-state index is -0.994. The van der Waals surface area contributed by atoms with Crippen molar-refractivity contribution in [3.05, 3.63) is 53.1 Å². The number of halogens is 2. The molecule has 1 fully saturated rings. The first-order valence-corrected chi connectivity index (χ1v) is 9.26. The van der Waals surface area contributed by atoms with E-state index in [9.17, 15) is 18.4 Å². The molecular formula is C21H22F2N2O4. The summed E-state index contributed by atoms with van der Waals surface area (Å²) >= 11 is 0. The third-order valence-corrected chi connectivity index (χ3v) is 4.82. The van der Waals surface area contributed by atoms with Crippen molar-refractivity contribution in [1.82, 2.24) is 4.90 Å². The SMILES string of the molecule is COc1cc(NC(=O)c2ccc(F)cc2F)c(C(=O)N2CCCCC2)cc1OC. The van der Waals surface area contributed by atoms with Gasteiger partial charge in [0.25, 0.3) is 11.8 Å². The second kappa shape index (κ2) is 8.89. The first-order valence-electron chi connectivity index (χ1n) is 9.26. The van der Waals surface area contributed by atoms with Gasteiger partial charge in [-0.25, -0.2) is 8.78 Å². The van der Waals surface area contributed by atoms with Gasteiger partial charge in [-0.2, -0.15) is 0 Å². The Labute approximate surface area is 167 Å². The van der Waals surface area contributed by atoms with Crippen LogP contribution in [0.25, 0.3) is 0 Å². The van der Waals surface area contributed by atoms with E-state index in [-0.39, 0.29) is 22.7 Å². The summed E-state index contributed by atoms with van der Waals surface area (Å²) in [6.07, 6.45) is 2.87. The number of ether oxygens (including phenoxy) is 2. The Hall–Kier alpha value is -3.16. The average Bonchev–Trinajstić information content (AvgIpc) is 2.73. The van der Waals surface area contributed by atoms with Gasteiger partial charge in [0.05, 0.1) is 31.0 Å². The standard InChI is InChI=1S/C21H22F2N2O4/c1-28-18-11-15(21(27)25-8-4-3-5-9-25)17(12-19(18)29-2)24-20(26)14-7-6-13(22)10-16(14)23/h6-7,10-12H,3-5,8-9H2,1-2H3,(H,24,26). The van der Waals surface area contributed by atoms with E-state index in [1.807, 2.05) is 0 Å². The predicted molar refractivity (Wildman–Crippen MR) is 104 cm³/mol. The minimum absolute atomic E-state index is 0.159. The molecule has 29 heavy (non-hydrogen) atoms. The first kappa shape index (κ1) is 20.6. The highest BCUT2D eigenvalue weighted by Crippen LogP contribution is 2.34. The van der Waals surface area contributed by atoms with Gasteiger partial charge in [0.2, 0.25) is 0 Å². The van der Waals surface area contributed by atoms with Gasteiger partial charge in [0, 0.05) is 25.2 Å². The summed E-state index contributed by atoms with van der Waals surface area (Å²) < 4.78 is 37.7. The number of piperidine rings is 1. The molecule has 0 spiro atoms. The van der Waals surface area contributed by atoms with Gasteiger partial charge in [0.1, 0.15) is 11.6 Å². The van der Waals surface area contributed by atoms with Gasteiger partial charge < -0.3 is 19.7 Å². The third-order valence-electron chi connectivity index (χ3n) is 4.82. The van der Waals surface area contributed by atoms with Crippen molar-refractivity contribution in [3.8, 4) is 11.5 Å². The minimum Gasteiger partial charge on any atom is -0.493 e. The van der Waals surface area contributed by atoms with E-state index >= 15 is 0 Å². The van der Waals surface area contributed by atoms with Crippen molar-refractivity contribution < 1.29 is 27.8 Å². The molecule has 0 aromatic heterocycles. The molecule has 8 heteroatoms. The molecule has 154 valence electrons. The number of nitrogens with one attached hydrogen (secondary N) is 1. The Kier molecular flexibility index (Phi) is 6.31. The average molecular weight is 404 g/mol. The van der Waals surface area contributed by atoms with Crippen LogP contribution in [0.2, 0.25) is 0 Å². The van der Waals surface area contributed by atoms with E-state index in [1.54, 1.807) is 4.90 Å². The molecule has 6 nitrogen and oxygen atoms in total. The lowest BCUT2D eigenvalue weighted by Gasteiger charge is -2.28. The Balaban J connectivity index is 1.98. The Morgan fingerprint density at radius 2 is 1.59 bits per heavy atom. The molecule has 0 saturated carbocycles. The number of rotatable bonds is 5. The highest BCUT2D eigenvalue weighted by molar-refractivity contribution is 6.09. The fourth-order valence-corrected chi connectivity index (χ4v) is 3.29. The maximum atomic E-state index is 14.0. The fraction of sp³-hybridized carbons (Fsp3) is 0.333. The van der Waals surface area contributed by atoms with Crippen LogP contribution >= 0.6 is 0 Å². The zero-order valence-corrected chi connectivity index (χ0v) is 16.3. The molecular weight excluding hydrogens is 382 g/mol. The van der Waals surface area contributed by atoms with E-state index in [0.717, 1.165) is 31.4 Å². The number of benzene rings is 2. The van der Waals surface area contributed by atoms with Crippen LogP contribution < -0.4 is 14.8 Å². The van der Waals surface area contributed by atoms with Gasteiger partial charge in [0.15, 0.2) is 11.5 Å². The van der Waals surface area contributed by atoms with Crippen LogP contribution in [0.5, 0.6) is 11.5 Å². The zero-order chi connectivity index (χ0) is 21.0. The van der Waals surface area contributed by atoms with Crippen molar-refractivity contribution in [1.29, 1.82) is 0 Å². The smallest absolute Gasteiger partial charge is 0.258 e. The summed E-state index contributed by atoms with van der Waals surface area (Å²) in [6, 6.07) is 5.62. The lowest BCUT2D eigenvalue weighted by atomic mass is 10.1. The van der Waals surface area contributed by atoms with E-state index in [1.165, 1.54) is 26.4 Å². The Morgan fingerprint density at radius 1 is 0.931 bits per heavy atom. The lowest BCUT2D eigenvalue weighted by molar-refractivity contribution is 0.0725. The zero-order valence-electron chi connectivity index (χ0n) is 16.3. The fourth-order valence-electron chi connectivity index (χ4n) is 3.29. The van der Waals surface area contributed by atoms with Gasteiger partial charge in [-0.15, -0.1) is 0 Å². The summed E-state index contributed by atoms with van der Waals surface area (Å²) in [5.74, 6) is -2.21. The van der Waals surface area contributed by atoms with Gasteiger partial charge in [-0.3, -0.25) is 9.59 Å². The van der Waals surface area contributed by atoms with E-state index < -0.39 is 17.5 Å². The summed E-state index contributed by atoms with van der Waals surface area (Å²) in [5, 5.41) is 2.55. The van der Waals surface area contributed by atoms with Crippen LogP contribution in [0.15, 0.2) is 30.3 Å². The predicted octanol–water partition coefficient (Wildman–Crippen LogP) is 3.86. The van der Waals surface area contributed by atoms with Gasteiger partial charge >= 0.3 is 0 Å². The van der Waals surface area contributed by atoms with Crippen LogP contribution in [0, 0.1) is 11.6 Å². The molecule has 1 N–H and O–H groups in total. The third kappa shape index (κ3) is 4.47. The molecule has 1 saturated heterocycles. The highest BCUT2D eigenvalue weighted by Gasteiger charge is 2.25. The molecule has 0 atom stereocenters. The van der Waals surface area contributed by atoms with Crippen molar-refractivity contribution in [2.45, 2.75) is 19.3 Å². The molecule has 0 unspecified atom stereocenters. The molecule has 2 aromatic carbocycles. The van der Waals surface area contributed by atoms with Crippen molar-refractivity contribution >= 4 is 17.5 Å². The highest BCUT2D eigenvalue weighted by atomic mass is 19.1. The lowest BCUT2D eigenvalue weighted by Crippen LogP contribution is -2.36. The second-order valence-electron chi connectivity index (χ2n) is 6.68. The quantitative estimate of drug-likeness (QED) is 0.822. The number of carbonyl (C=O) groups excluding carboxylic acids is 2. The number of amides is 2. The van der Waals surface area contributed by atoms with Crippen LogP contribution in [-0.4, -0.2) is 44.0 Å². The Morgan fingerprint density at radius 3 is 2.21 bits per heavy atom. The summed E-state index contributed by atoms with van der Waals surface area (Å²) in [6.45, 7) is 1.24. The van der Waals surface area contributed by atoms with E-state index in [0.29, 0.717) is 30.7 Å². The molecule has 0 radical (unpaired) electrons. The van der Waals surface area contributed by atoms with Crippen molar-refractivity contribution in [2.24, 2.45) is 0 Å². The Bertz CT molecular complexity index is 927. The molecule has 2 aromatic rings. The summed E-state index contributed by atoms with van der Waals surface area (Å²) in [4.78, 5) is 27.4. The maximum Gasteiger partial charge on any atom is 0.258 e. The molecule has 3 rings (SSSR count). The van der Waals surface area contributed by atoms with Gasteiger partial charge in [-0.1, -0.05) is 0 Å². The monoisotopic (exact) mass is 404 g/mol. The van der Waals surface area contributed by atoms with E-state index in [4.69, 9.17) is 9.47 Å². The van der Waals surface area contributed by atoms with Gasteiger partial charge in [-0.05, 0) is 37.5 Å². The number of hydrogen-bond acceptors (Lipinski definition) is 4. The molecule has 0 bridgehead atoms.